The quantitative estimate of drug-likeness (QED) is 0.685. The van der Waals surface area contributed by atoms with Gasteiger partial charge in [0.1, 0.15) is 23.8 Å². The van der Waals surface area contributed by atoms with Crippen molar-refractivity contribution in [3.05, 3.63) is 72.3 Å². The summed E-state index contributed by atoms with van der Waals surface area (Å²) >= 11 is 0. The summed E-state index contributed by atoms with van der Waals surface area (Å²) < 4.78 is 12.9. The highest BCUT2D eigenvalue weighted by Crippen LogP contribution is 2.20. The molecule has 0 saturated carbocycles. The number of anilines is 4. The second-order valence-corrected chi connectivity index (χ2v) is 5.18. The predicted octanol–water partition coefficient (Wildman–Crippen LogP) is 4.31. The van der Waals surface area contributed by atoms with E-state index in [2.05, 4.69) is 20.6 Å². The number of hydrogen-bond donors (Lipinski definition) is 2. The van der Waals surface area contributed by atoms with Crippen LogP contribution in [0.4, 0.5) is 27.4 Å². The van der Waals surface area contributed by atoms with Crippen LogP contribution in [0.5, 0.6) is 0 Å². The van der Waals surface area contributed by atoms with Crippen LogP contribution in [-0.4, -0.2) is 15.8 Å². The topological polar surface area (TPSA) is 66.9 Å². The second kappa shape index (κ2) is 6.87. The Morgan fingerprint density at radius 1 is 0.917 bits per heavy atom. The molecule has 3 rings (SSSR count). The molecule has 0 aliphatic carbocycles. The van der Waals surface area contributed by atoms with Gasteiger partial charge in [-0.15, -0.1) is 0 Å². The Bertz CT molecular complexity index is 865. The van der Waals surface area contributed by atoms with Crippen molar-refractivity contribution in [1.82, 2.24) is 9.97 Å². The Kier molecular flexibility index (Phi) is 4.47. The molecule has 0 radical (unpaired) electrons. The van der Waals surface area contributed by atoms with E-state index in [9.17, 15) is 9.18 Å². The van der Waals surface area contributed by atoms with Crippen LogP contribution in [0.2, 0.25) is 0 Å². The summed E-state index contributed by atoms with van der Waals surface area (Å²) in [7, 11) is 0. The van der Waals surface area contributed by atoms with Crippen LogP contribution in [0.25, 0.3) is 0 Å². The van der Waals surface area contributed by atoms with Gasteiger partial charge in [0.15, 0.2) is 5.78 Å². The molecular weight excluding hydrogens is 307 g/mol. The van der Waals surface area contributed by atoms with Crippen molar-refractivity contribution in [2.75, 3.05) is 10.6 Å². The molecule has 5 nitrogen and oxygen atoms in total. The van der Waals surface area contributed by atoms with Gasteiger partial charge in [-0.05, 0) is 43.3 Å². The summed E-state index contributed by atoms with van der Waals surface area (Å²) in [5.41, 5.74) is 2.10. The van der Waals surface area contributed by atoms with Gasteiger partial charge in [-0.1, -0.05) is 12.1 Å². The molecule has 6 heteroatoms. The first-order valence-electron chi connectivity index (χ1n) is 7.33. The maximum Gasteiger partial charge on any atom is 0.159 e. The van der Waals surface area contributed by atoms with E-state index in [1.165, 1.54) is 25.4 Å². The molecule has 1 aromatic heterocycles. The van der Waals surface area contributed by atoms with Crippen LogP contribution in [-0.2, 0) is 0 Å². The average molecular weight is 322 g/mol. The smallest absolute Gasteiger partial charge is 0.159 e. The molecule has 2 aromatic carbocycles. The number of halogens is 1. The van der Waals surface area contributed by atoms with Crippen LogP contribution < -0.4 is 10.6 Å². The summed E-state index contributed by atoms with van der Waals surface area (Å²) in [4.78, 5) is 19.7. The Morgan fingerprint density at radius 2 is 1.58 bits per heavy atom. The van der Waals surface area contributed by atoms with Gasteiger partial charge in [-0.2, -0.15) is 0 Å². The van der Waals surface area contributed by atoms with Crippen LogP contribution in [0, 0.1) is 5.82 Å². The number of Topliss-reactive ketones (excluding diaryl/α,β-unsaturated/α-hetero) is 1. The Morgan fingerprint density at radius 3 is 2.25 bits per heavy atom. The lowest BCUT2D eigenvalue weighted by molar-refractivity contribution is 0.101. The van der Waals surface area contributed by atoms with Crippen molar-refractivity contribution in [3.63, 3.8) is 0 Å². The van der Waals surface area contributed by atoms with Gasteiger partial charge in [-0.3, -0.25) is 4.79 Å². The molecule has 0 atom stereocenters. The van der Waals surface area contributed by atoms with Gasteiger partial charge >= 0.3 is 0 Å². The van der Waals surface area contributed by atoms with Crippen LogP contribution >= 0.6 is 0 Å². The van der Waals surface area contributed by atoms with Gasteiger partial charge in [-0.25, -0.2) is 14.4 Å². The summed E-state index contributed by atoms with van der Waals surface area (Å²) in [6, 6.07) is 14.9. The van der Waals surface area contributed by atoms with Gasteiger partial charge < -0.3 is 10.6 Å². The fraction of sp³-hybridized carbons (Fsp3) is 0.0556. The summed E-state index contributed by atoms with van der Waals surface area (Å²) in [5.74, 6) is 0.855. The first kappa shape index (κ1) is 15.6. The van der Waals surface area contributed by atoms with E-state index in [1.54, 1.807) is 36.4 Å². The number of carbonyl (C=O) groups excluding carboxylic acids is 1. The SMILES string of the molecule is CC(=O)c1cccc(Nc2cc(Nc3ccc(F)cc3)ncn2)c1. The third-order valence-corrected chi connectivity index (χ3v) is 3.33. The highest BCUT2D eigenvalue weighted by Gasteiger charge is 2.03. The molecule has 1 heterocycles. The molecule has 2 N–H and O–H groups in total. The Hall–Kier alpha value is -3.28. The van der Waals surface area contributed by atoms with Crippen LogP contribution in [0.3, 0.4) is 0 Å². The maximum atomic E-state index is 12.9. The third-order valence-electron chi connectivity index (χ3n) is 3.33. The summed E-state index contributed by atoms with van der Waals surface area (Å²) in [6.07, 6.45) is 1.42. The van der Waals surface area contributed by atoms with Gasteiger partial charge in [0.05, 0.1) is 0 Å². The van der Waals surface area contributed by atoms with Crippen molar-refractivity contribution >= 4 is 28.8 Å². The lowest BCUT2D eigenvalue weighted by atomic mass is 10.1. The molecule has 0 amide bonds. The number of ketones is 1. The maximum absolute atomic E-state index is 12.9. The largest absolute Gasteiger partial charge is 0.340 e. The highest BCUT2D eigenvalue weighted by atomic mass is 19.1. The minimum Gasteiger partial charge on any atom is -0.340 e. The first-order chi connectivity index (χ1) is 11.6. The molecule has 0 spiro atoms. The molecule has 0 fully saturated rings. The zero-order valence-corrected chi connectivity index (χ0v) is 13.0. The van der Waals surface area contributed by atoms with E-state index in [4.69, 9.17) is 0 Å². The monoisotopic (exact) mass is 322 g/mol. The Balaban J connectivity index is 1.76. The number of aromatic nitrogens is 2. The van der Waals surface area contributed by atoms with E-state index in [1.807, 2.05) is 6.07 Å². The van der Waals surface area contributed by atoms with Crippen molar-refractivity contribution in [2.45, 2.75) is 6.92 Å². The minimum atomic E-state index is -0.295. The average Bonchev–Trinajstić information content (AvgIpc) is 2.57. The van der Waals surface area contributed by atoms with Gasteiger partial charge in [0.25, 0.3) is 0 Å². The third kappa shape index (κ3) is 3.92. The molecule has 24 heavy (non-hydrogen) atoms. The van der Waals surface area contributed by atoms with Crippen molar-refractivity contribution in [1.29, 1.82) is 0 Å². The van der Waals surface area contributed by atoms with E-state index in [0.717, 1.165) is 11.4 Å². The first-order valence-corrected chi connectivity index (χ1v) is 7.33. The molecular formula is C18H15FN4O. The molecule has 3 aromatic rings. The number of hydrogen-bond acceptors (Lipinski definition) is 5. The number of rotatable bonds is 5. The summed E-state index contributed by atoms with van der Waals surface area (Å²) in [5, 5.41) is 6.21. The number of benzene rings is 2. The number of nitrogens with zero attached hydrogens (tertiary/aromatic N) is 2. The number of carbonyl (C=O) groups is 1. The van der Waals surface area contributed by atoms with E-state index >= 15 is 0 Å². The number of nitrogens with one attached hydrogen (secondary N) is 2. The Labute approximate surface area is 138 Å². The van der Waals surface area contributed by atoms with Gasteiger partial charge in [0.2, 0.25) is 0 Å². The van der Waals surface area contributed by atoms with Crippen molar-refractivity contribution in [3.8, 4) is 0 Å². The fourth-order valence-electron chi connectivity index (χ4n) is 2.14. The lowest BCUT2D eigenvalue weighted by Gasteiger charge is -2.09. The minimum absolute atomic E-state index is 0.00000282. The fourth-order valence-corrected chi connectivity index (χ4v) is 2.14. The van der Waals surface area contributed by atoms with E-state index in [0.29, 0.717) is 17.2 Å². The lowest BCUT2D eigenvalue weighted by Crippen LogP contribution is -1.99. The van der Waals surface area contributed by atoms with E-state index in [-0.39, 0.29) is 11.6 Å². The van der Waals surface area contributed by atoms with Crippen LogP contribution in [0.1, 0.15) is 17.3 Å². The molecule has 0 saturated heterocycles. The van der Waals surface area contributed by atoms with E-state index < -0.39 is 0 Å². The zero-order valence-electron chi connectivity index (χ0n) is 13.0. The second-order valence-electron chi connectivity index (χ2n) is 5.18. The van der Waals surface area contributed by atoms with Crippen molar-refractivity contribution < 1.29 is 9.18 Å². The van der Waals surface area contributed by atoms with Crippen molar-refractivity contribution in [2.24, 2.45) is 0 Å². The molecule has 0 aliphatic heterocycles. The zero-order chi connectivity index (χ0) is 16.9. The van der Waals surface area contributed by atoms with Gasteiger partial charge in [0, 0.05) is 23.0 Å². The summed E-state index contributed by atoms with van der Waals surface area (Å²) in [6.45, 7) is 1.52. The predicted molar refractivity (Wildman–Crippen MR) is 91.4 cm³/mol. The van der Waals surface area contributed by atoms with Crippen LogP contribution in [0.15, 0.2) is 60.9 Å². The molecule has 0 bridgehead atoms. The normalized spacial score (nSPS) is 10.2. The molecule has 0 unspecified atom stereocenters. The highest BCUT2D eigenvalue weighted by molar-refractivity contribution is 5.95. The molecule has 0 aliphatic rings. The molecule has 120 valence electrons. The standard InChI is InChI=1S/C18H15FN4O/c1-12(24)13-3-2-4-16(9-13)23-18-10-17(20-11-21-18)22-15-7-5-14(19)6-8-15/h2-11H,1H3,(H2,20,21,22,23).